The Bertz CT molecular complexity index is 1510. The van der Waals surface area contributed by atoms with Crippen LogP contribution in [0.3, 0.4) is 0 Å². The van der Waals surface area contributed by atoms with Crippen molar-refractivity contribution in [3.63, 3.8) is 0 Å². The summed E-state index contributed by atoms with van der Waals surface area (Å²) >= 11 is 0.540. The van der Waals surface area contributed by atoms with Crippen LogP contribution in [0.4, 0.5) is 28.8 Å². The van der Waals surface area contributed by atoms with Gasteiger partial charge in [-0.25, -0.2) is 10.2 Å². The normalized spacial score (nSPS) is 12.2. The zero-order chi connectivity index (χ0) is 28.8. The predicted molar refractivity (Wildman–Crippen MR) is 143 cm³/mol. The summed E-state index contributed by atoms with van der Waals surface area (Å²) in [5, 5.41) is 22.8. The smallest absolute Gasteiger partial charge is 0.341 e. The molecule has 1 aromatic heterocycles. The van der Waals surface area contributed by atoms with E-state index in [9.17, 15) is 27.3 Å². The third-order valence-corrected chi connectivity index (χ3v) is 7.59. The van der Waals surface area contributed by atoms with Crippen LogP contribution in [0.2, 0.25) is 0 Å². The van der Waals surface area contributed by atoms with Gasteiger partial charge < -0.3 is 20.0 Å². The Morgan fingerprint density at radius 2 is 1.82 bits per heavy atom. The third kappa shape index (κ3) is 8.01. The molecule has 0 radical (unpaired) electrons. The van der Waals surface area contributed by atoms with Crippen LogP contribution >= 0.6 is 19.6 Å². The molecule has 39 heavy (non-hydrogen) atoms. The number of anilines is 3. The number of nitrogens with zero attached hydrogens (tertiary/aromatic N) is 5. The lowest BCUT2D eigenvalue weighted by atomic mass is 10.3. The van der Waals surface area contributed by atoms with Crippen LogP contribution in [-0.4, -0.2) is 51.1 Å². The van der Waals surface area contributed by atoms with E-state index in [2.05, 4.69) is 34.9 Å². The fourth-order valence-electron chi connectivity index (χ4n) is 3.31. The molecule has 0 unspecified atom stereocenters. The van der Waals surface area contributed by atoms with Crippen LogP contribution in [0.25, 0.3) is 0 Å². The van der Waals surface area contributed by atoms with Crippen molar-refractivity contribution in [2.75, 3.05) is 23.3 Å². The Morgan fingerprint density at radius 1 is 1.10 bits per heavy atom. The number of benzene rings is 2. The number of azo groups is 1. The molecule has 3 aromatic rings. The van der Waals surface area contributed by atoms with Crippen molar-refractivity contribution in [2.45, 2.75) is 30.6 Å². The Hall–Kier alpha value is -2.99. The van der Waals surface area contributed by atoms with Crippen LogP contribution < -0.4 is 15.5 Å². The molecule has 0 amide bonds. The minimum absolute atomic E-state index is 0.0850. The lowest BCUT2D eigenvalue weighted by molar-refractivity contribution is -0.432. The lowest BCUT2D eigenvalue weighted by Gasteiger charge is -2.21. The lowest BCUT2D eigenvalue weighted by Crippen LogP contribution is -2.24. The van der Waals surface area contributed by atoms with E-state index in [1.54, 1.807) is 13.0 Å². The molecule has 1 heterocycles. The van der Waals surface area contributed by atoms with E-state index >= 15 is 0 Å². The number of rotatable bonds is 12. The first kappa shape index (κ1) is 30.6. The van der Waals surface area contributed by atoms with Crippen LogP contribution in [0.15, 0.2) is 62.5 Å². The molecule has 0 bridgehead atoms. The third-order valence-electron chi connectivity index (χ3n) is 5.16. The Morgan fingerprint density at radius 3 is 2.44 bits per heavy atom. The minimum Gasteiger partial charge on any atom is -0.341 e. The summed E-state index contributed by atoms with van der Waals surface area (Å²) in [7, 11) is -9.23. The maximum Gasteiger partial charge on any atom is 0.356 e. The molecule has 0 aliphatic rings. The van der Waals surface area contributed by atoms with E-state index < -0.39 is 22.6 Å². The first-order valence-electron chi connectivity index (χ1n) is 11.1. The molecule has 18 heteroatoms. The van der Waals surface area contributed by atoms with Gasteiger partial charge in [-0.3, -0.25) is 9.12 Å². The summed E-state index contributed by atoms with van der Waals surface area (Å²) in [6, 6.07) is 9.12. The highest BCUT2D eigenvalue weighted by Crippen LogP contribution is 2.37. The van der Waals surface area contributed by atoms with Gasteiger partial charge >= 0.3 is 7.60 Å². The number of hydrogen-bond acceptors (Lipinski definition) is 13. The quantitative estimate of drug-likeness (QED) is 0.0490. The summed E-state index contributed by atoms with van der Waals surface area (Å²) < 4.78 is 49.6. The van der Waals surface area contributed by atoms with Gasteiger partial charge in [0, 0.05) is 23.7 Å². The molecule has 15 nitrogen and oxygen atoms in total. The topological polar surface area (TPSA) is 216 Å². The maximum absolute atomic E-state index is 11.9. The molecular formula is C21H25N6O9PS2. The average molecular weight is 601 g/mol. The monoisotopic (exact) mass is 600 g/mol. The van der Waals surface area contributed by atoms with Crippen LogP contribution in [0.1, 0.15) is 19.5 Å². The zero-order valence-corrected chi connectivity index (χ0v) is 23.3. The summed E-state index contributed by atoms with van der Waals surface area (Å²) in [4.78, 5) is 29.7. The zero-order valence-electron chi connectivity index (χ0n) is 20.8. The van der Waals surface area contributed by atoms with Gasteiger partial charge in [0.05, 0.1) is 23.0 Å². The van der Waals surface area contributed by atoms with Gasteiger partial charge in [-0.2, -0.15) is 13.4 Å². The molecule has 0 atom stereocenters. The molecule has 5 N–H and O–H groups in total. The van der Waals surface area contributed by atoms with Crippen molar-refractivity contribution in [3.8, 4) is 0 Å². The van der Waals surface area contributed by atoms with E-state index in [1.807, 2.05) is 18.7 Å². The SMILES string of the molecule is CCN(CC)c1nc(C)c(N=Nc2cc(SOOO)ccc2S(=O)(=O)O)c(Nc2cccc(P(=O)(O)O)c2)n1. The van der Waals surface area contributed by atoms with E-state index in [0.29, 0.717) is 36.8 Å². The van der Waals surface area contributed by atoms with Crippen molar-refractivity contribution in [3.05, 3.63) is 48.2 Å². The average Bonchev–Trinajstić information content (AvgIpc) is 2.87. The predicted octanol–water partition coefficient (Wildman–Crippen LogP) is 4.27. The Labute approximate surface area is 227 Å². The molecule has 0 saturated carbocycles. The second kappa shape index (κ2) is 12.9. The molecule has 0 spiro atoms. The molecule has 0 fully saturated rings. The van der Waals surface area contributed by atoms with Gasteiger partial charge in [0.25, 0.3) is 10.1 Å². The Balaban J connectivity index is 2.15. The van der Waals surface area contributed by atoms with Gasteiger partial charge in [0.15, 0.2) is 5.82 Å². The Kier molecular flexibility index (Phi) is 10.1. The maximum atomic E-state index is 11.9. The largest absolute Gasteiger partial charge is 0.356 e. The summed E-state index contributed by atoms with van der Waals surface area (Å²) in [5.74, 6) is 0.468. The van der Waals surface area contributed by atoms with Gasteiger partial charge in [-0.15, -0.1) is 14.6 Å². The van der Waals surface area contributed by atoms with E-state index in [4.69, 9.17) is 5.26 Å². The van der Waals surface area contributed by atoms with Gasteiger partial charge in [0.1, 0.15) is 16.3 Å². The first-order valence-corrected chi connectivity index (χ1v) is 14.9. The van der Waals surface area contributed by atoms with E-state index in [0.717, 1.165) is 6.07 Å². The van der Waals surface area contributed by atoms with Crippen molar-refractivity contribution in [1.29, 1.82) is 0 Å². The molecular weight excluding hydrogens is 575 g/mol. The highest BCUT2D eigenvalue weighted by molar-refractivity contribution is 7.94. The molecule has 210 valence electrons. The van der Waals surface area contributed by atoms with E-state index in [1.165, 1.54) is 30.3 Å². The van der Waals surface area contributed by atoms with Crippen LogP contribution in [0.5, 0.6) is 0 Å². The fourth-order valence-corrected chi connectivity index (χ4v) is 4.90. The molecule has 3 rings (SSSR count). The van der Waals surface area contributed by atoms with Crippen molar-refractivity contribution < 1.29 is 42.0 Å². The second-order valence-corrected chi connectivity index (χ2v) is 11.5. The summed E-state index contributed by atoms with van der Waals surface area (Å²) in [6.07, 6.45) is 0. The highest BCUT2D eigenvalue weighted by Gasteiger charge is 2.20. The second-order valence-electron chi connectivity index (χ2n) is 7.73. The summed E-state index contributed by atoms with van der Waals surface area (Å²) in [6.45, 7) is 6.64. The molecule has 0 aliphatic heterocycles. The molecule has 0 saturated heterocycles. The van der Waals surface area contributed by atoms with E-state index in [-0.39, 0.29) is 33.1 Å². The number of nitrogens with one attached hydrogen (secondary N) is 1. The number of aryl methyl sites for hydroxylation is 1. The highest BCUT2D eigenvalue weighted by atomic mass is 32.2. The van der Waals surface area contributed by atoms with Gasteiger partial charge in [-0.1, -0.05) is 11.1 Å². The standard InChI is InChI=1S/C21H25N6O9PS2/c1-4-27(5-2)21-22-13(3)19(20(24-21)23-14-7-6-8-15(11-14)37(29,30)31)26-25-17-12-16(38-36-35-28)9-10-18(17)39(32,33)34/h6-12,28H,4-5H2,1-3H3,(H,22,23,24)(H2,29,30,31)(H,32,33,34). The fraction of sp³-hybridized carbons (Fsp3) is 0.238. The molecule has 0 aliphatic carbocycles. The summed E-state index contributed by atoms with van der Waals surface area (Å²) in [5.41, 5.74) is 0.446. The van der Waals surface area contributed by atoms with Crippen LogP contribution in [0, 0.1) is 6.92 Å². The number of aromatic nitrogens is 2. The number of hydrogen-bond donors (Lipinski definition) is 5. The minimum atomic E-state index is -4.70. The van der Waals surface area contributed by atoms with Crippen molar-refractivity contribution >= 4 is 63.9 Å². The molecule has 2 aromatic carbocycles. The van der Waals surface area contributed by atoms with Crippen molar-refractivity contribution in [1.82, 2.24) is 9.97 Å². The van der Waals surface area contributed by atoms with Gasteiger partial charge in [0.2, 0.25) is 5.95 Å². The van der Waals surface area contributed by atoms with Crippen molar-refractivity contribution in [2.24, 2.45) is 10.2 Å². The first-order chi connectivity index (χ1) is 18.4. The van der Waals surface area contributed by atoms with Crippen LogP contribution in [-0.2, 0) is 24.1 Å². The van der Waals surface area contributed by atoms with Gasteiger partial charge in [-0.05, 0) is 57.2 Å².